The Morgan fingerprint density at radius 1 is 1.58 bits per heavy atom. The molecule has 0 aromatic carbocycles. The summed E-state index contributed by atoms with van der Waals surface area (Å²) in [5, 5.41) is 1.95. The average Bonchev–Trinajstić information content (AvgIpc) is 3.09. The minimum absolute atomic E-state index is 0.156. The van der Waals surface area contributed by atoms with E-state index in [4.69, 9.17) is 0 Å². The molecule has 5 heteroatoms. The van der Waals surface area contributed by atoms with E-state index in [1.165, 1.54) is 11.3 Å². The van der Waals surface area contributed by atoms with Crippen LogP contribution >= 0.6 is 11.3 Å². The van der Waals surface area contributed by atoms with Crippen LogP contribution in [0.2, 0.25) is 0 Å². The van der Waals surface area contributed by atoms with Crippen LogP contribution in [-0.4, -0.2) is 33.9 Å². The molecule has 1 atom stereocenters. The minimum atomic E-state index is 0.156. The molecule has 3 rings (SSSR count). The van der Waals surface area contributed by atoms with E-state index < -0.39 is 0 Å². The Bertz CT molecular complexity index is 561. The number of nitrogens with zero attached hydrogens (tertiary/aromatic N) is 2. The third-order valence-electron chi connectivity index (χ3n) is 3.55. The van der Waals surface area contributed by atoms with Crippen LogP contribution in [0.3, 0.4) is 0 Å². The second-order valence-corrected chi connectivity index (χ2v) is 5.97. The molecule has 1 amide bonds. The van der Waals surface area contributed by atoms with Gasteiger partial charge in [-0.1, -0.05) is 6.07 Å². The molecule has 1 aliphatic heterocycles. The smallest absolute Gasteiger partial charge is 0.263 e. The SMILES string of the molecule is Cc1cnc([C@@H]2CCCN(C(=O)c3cccs3)C2)[nH]1. The van der Waals surface area contributed by atoms with Gasteiger partial charge in [0.1, 0.15) is 5.82 Å². The first-order valence-corrected chi connectivity index (χ1v) is 7.46. The van der Waals surface area contributed by atoms with E-state index in [9.17, 15) is 4.79 Å². The van der Waals surface area contributed by atoms with Crippen molar-refractivity contribution in [2.75, 3.05) is 13.1 Å². The van der Waals surface area contributed by atoms with Gasteiger partial charge in [-0.15, -0.1) is 11.3 Å². The van der Waals surface area contributed by atoms with Crippen molar-refractivity contribution in [3.63, 3.8) is 0 Å². The lowest BCUT2D eigenvalue weighted by molar-refractivity contribution is 0.0709. The summed E-state index contributed by atoms with van der Waals surface area (Å²) in [7, 11) is 0. The van der Waals surface area contributed by atoms with E-state index in [1.54, 1.807) is 0 Å². The van der Waals surface area contributed by atoms with Gasteiger partial charge < -0.3 is 9.88 Å². The summed E-state index contributed by atoms with van der Waals surface area (Å²) in [5.74, 6) is 1.51. The fourth-order valence-electron chi connectivity index (χ4n) is 2.58. The van der Waals surface area contributed by atoms with Gasteiger partial charge in [0.25, 0.3) is 5.91 Å². The first kappa shape index (κ1) is 12.4. The third-order valence-corrected chi connectivity index (χ3v) is 4.41. The van der Waals surface area contributed by atoms with E-state index in [0.29, 0.717) is 5.92 Å². The summed E-state index contributed by atoms with van der Waals surface area (Å²) in [6.07, 6.45) is 4.00. The molecular formula is C14H17N3OS. The minimum Gasteiger partial charge on any atom is -0.346 e. The molecule has 2 aromatic heterocycles. The molecule has 100 valence electrons. The quantitative estimate of drug-likeness (QED) is 0.916. The molecule has 19 heavy (non-hydrogen) atoms. The van der Waals surface area contributed by atoms with Crippen LogP contribution in [0.1, 0.15) is 39.9 Å². The number of aromatic amines is 1. The molecule has 0 spiro atoms. The third kappa shape index (κ3) is 2.56. The summed E-state index contributed by atoms with van der Waals surface area (Å²) in [6, 6.07) is 3.82. The maximum Gasteiger partial charge on any atom is 0.263 e. The van der Waals surface area contributed by atoms with Gasteiger partial charge in [-0.2, -0.15) is 0 Å². The van der Waals surface area contributed by atoms with Crippen LogP contribution in [0.25, 0.3) is 0 Å². The lowest BCUT2D eigenvalue weighted by atomic mass is 9.97. The number of rotatable bonds is 2. The van der Waals surface area contributed by atoms with Crippen molar-refractivity contribution in [1.29, 1.82) is 0 Å². The Morgan fingerprint density at radius 2 is 2.47 bits per heavy atom. The van der Waals surface area contributed by atoms with Crippen LogP contribution in [0, 0.1) is 6.92 Å². The van der Waals surface area contributed by atoms with Gasteiger partial charge in [0.15, 0.2) is 0 Å². The molecule has 0 radical (unpaired) electrons. The summed E-state index contributed by atoms with van der Waals surface area (Å²) >= 11 is 1.51. The highest BCUT2D eigenvalue weighted by atomic mass is 32.1. The number of carbonyl (C=O) groups is 1. The van der Waals surface area contributed by atoms with Crippen molar-refractivity contribution in [2.45, 2.75) is 25.7 Å². The molecule has 3 heterocycles. The second kappa shape index (κ2) is 5.17. The predicted octanol–water partition coefficient (Wildman–Crippen LogP) is 2.80. The molecule has 0 bridgehead atoms. The van der Waals surface area contributed by atoms with Crippen LogP contribution < -0.4 is 0 Å². The summed E-state index contributed by atoms with van der Waals surface area (Å²) in [4.78, 5) is 22.8. The second-order valence-electron chi connectivity index (χ2n) is 5.02. The van der Waals surface area contributed by atoms with Crippen molar-refractivity contribution in [3.05, 3.63) is 40.1 Å². The topological polar surface area (TPSA) is 49.0 Å². The Labute approximate surface area is 116 Å². The molecule has 0 unspecified atom stereocenters. The highest BCUT2D eigenvalue weighted by Crippen LogP contribution is 2.26. The molecule has 1 fully saturated rings. The standard InChI is InChI=1S/C14H17N3OS/c1-10-8-15-13(16-10)11-4-2-6-17(9-11)14(18)12-5-3-7-19-12/h3,5,7-8,11H,2,4,6,9H2,1H3,(H,15,16)/t11-/m1/s1. The number of carbonyl (C=O) groups excluding carboxylic acids is 1. The maximum atomic E-state index is 12.3. The van der Waals surface area contributed by atoms with Crippen molar-refractivity contribution >= 4 is 17.2 Å². The first-order valence-electron chi connectivity index (χ1n) is 6.58. The number of piperidine rings is 1. The number of hydrogen-bond donors (Lipinski definition) is 1. The van der Waals surface area contributed by atoms with Crippen molar-refractivity contribution < 1.29 is 4.79 Å². The van der Waals surface area contributed by atoms with Crippen molar-refractivity contribution in [2.24, 2.45) is 0 Å². The molecule has 4 nitrogen and oxygen atoms in total. The van der Waals surface area contributed by atoms with Crippen molar-refractivity contribution in [3.8, 4) is 0 Å². The molecule has 1 saturated heterocycles. The fraction of sp³-hybridized carbons (Fsp3) is 0.429. The Balaban J connectivity index is 1.73. The van der Waals surface area contributed by atoms with Gasteiger partial charge in [-0.3, -0.25) is 4.79 Å². The van der Waals surface area contributed by atoms with Gasteiger partial charge in [-0.25, -0.2) is 4.98 Å². The number of likely N-dealkylation sites (tertiary alicyclic amines) is 1. The van der Waals surface area contributed by atoms with E-state index in [1.807, 2.05) is 35.5 Å². The van der Waals surface area contributed by atoms with Gasteiger partial charge in [0.05, 0.1) is 4.88 Å². The zero-order valence-electron chi connectivity index (χ0n) is 10.9. The number of imidazole rings is 1. The van der Waals surface area contributed by atoms with E-state index >= 15 is 0 Å². The van der Waals surface area contributed by atoms with Gasteiger partial charge in [-0.05, 0) is 31.2 Å². The zero-order chi connectivity index (χ0) is 13.2. The number of nitrogens with one attached hydrogen (secondary N) is 1. The van der Waals surface area contributed by atoms with E-state index in [0.717, 1.165) is 42.3 Å². The predicted molar refractivity (Wildman–Crippen MR) is 75.5 cm³/mol. The Hall–Kier alpha value is -1.62. The van der Waals surface area contributed by atoms with Crippen LogP contribution in [0.15, 0.2) is 23.7 Å². The van der Waals surface area contributed by atoms with E-state index in [-0.39, 0.29) is 5.91 Å². The highest BCUT2D eigenvalue weighted by molar-refractivity contribution is 7.12. The molecule has 0 saturated carbocycles. The molecule has 1 aliphatic rings. The molecule has 0 aliphatic carbocycles. The number of aryl methyl sites for hydroxylation is 1. The fourth-order valence-corrected chi connectivity index (χ4v) is 3.27. The average molecular weight is 275 g/mol. The number of aromatic nitrogens is 2. The van der Waals surface area contributed by atoms with Crippen LogP contribution in [0.5, 0.6) is 0 Å². The van der Waals surface area contributed by atoms with Crippen LogP contribution in [-0.2, 0) is 0 Å². The summed E-state index contributed by atoms with van der Waals surface area (Å²) in [6.45, 7) is 3.63. The first-order chi connectivity index (χ1) is 9.24. The number of H-pyrrole nitrogens is 1. The molecule has 1 N–H and O–H groups in total. The number of amides is 1. The summed E-state index contributed by atoms with van der Waals surface area (Å²) < 4.78 is 0. The van der Waals surface area contributed by atoms with Gasteiger partial charge in [0.2, 0.25) is 0 Å². The van der Waals surface area contributed by atoms with Crippen LogP contribution in [0.4, 0.5) is 0 Å². The lowest BCUT2D eigenvalue weighted by Gasteiger charge is -2.31. The molecular weight excluding hydrogens is 258 g/mol. The highest BCUT2D eigenvalue weighted by Gasteiger charge is 2.27. The largest absolute Gasteiger partial charge is 0.346 e. The normalized spacial score (nSPS) is 19.6. The Kier molecular flexibility index (Phi) is 3.38. The number of hydrogen-bond acceptors (Lipinski definition) is 3. The lowest BCUT2D eigenvalue weighted by Crippen LogP contribution is -2.39. The maximum absolute atomic E-state index is 12.3. The zero-order valence-corrected chi connectivity index (χ0v) is 11.7. The van der Waals surface area contributed by atoms with Crippen molar-refractivity contribution in [1.82, 2.24) is 14.9 Å². The van der Waals surface area contributed by atoms with Gasteiger partial charge >= 0.3 is 0 Å². The van der Waals surface area contributed by atoms with E-state index in [2.05, 4.69) is 9.97 Å². The monoisotopic (exact) mass is 275 g/mol. The molecule has 2 aromatic rings. The Morgan fingerprint density at radius 3 is 3.16 bits per heavy atom. The summed E-state index contributed by atoms with van der Waals surface area (Å²) in [5.41, 5.74) is 1.08. The number of thiophene rings is 1. The van der Waals surface area contributed by atoms with Gasteiger partial charge in [0, 0.05) is 30.9 Å².